The average molecular weight is 436 g/mol. The molecule has 4 rings (SSSR count). The topological polar surface area (TPSA) is 72.5 Å². The summed E-state index contributed by atoms with van der Waals surface area (Å²) in [7, 11) is 0. The van der Waals surface area contributed by atoms with Gasteiger partial charge in [0.1, 0.15) is 11.6 Å². The SMILES string of the molecule is O=C(COc1ccc(C=C2C(=O)c3ccccc3C2=O)cc1Cl)Nc1ccccc1F. The zero-order valence-corrected chi connectivity index (χ0v) is 16.8. The molecule has 0 atom stereocenters. The van der Waals surface area contributed by atoms with Gasteiger partial charge in [0.2, 0.25) is 0 Å². The van der Waals surface area contributed by atoms with E-state index in [4.69, 9.17) is 16.3 Å². The molecule has 0 saturated heterocycles. The Balaban J connectivity index is 1.45. The normalized spacial score (nSPS) is 12.5. The van der Waals surface area contributed by atoms with E-state index in [9.17, 15) is 18.8 Å². The number of para-hydroxylation sites is 1. The van der Waals surface area contributed by atoms with Crippen LogP contribution in [0.25, 0.3) is 6.08 Å². The summed E-state index contributed by atoms with van der Waals surface area (Å²) in [6.45, 7) is -0.374. The average Bonchev–Trinajstić information content (AvgIpc) is 3.00. The van der Waals surface area contributed by atoms with E-state index in [-0.39, 0.29) is 40.2 Å². The Hall–Kier alpha value is -3.77. The number of anilines is 1. The van der Waals surface area contributed by atoms with Crippen molar-refractivity contribution in [2.75, 3.05) is 11.9 Å². The molecule has 154 valence electrons. The van der Waals surface area contributed by atoms with Gasteiger partial charge in [-0.3, -0.25) is 14.4 Å². The van der Waals surface area contributed by atoms with Crippen LogP contribution >= 0.6 is 11.6 Å². The highest BCUT2D eigenvalue weighted by molar-refractivity contribution is 6.41. The summed E-state index contributed by atoms with van der Waals surface area (Å²) >= 11 is 6.23. The van der Waals surface area contributed by atoms with E-state index in [1.165, 1.54) is 36.4 Å². The molecular weight excluding hydrogens is 421 g/mol. The first-order valence-electron chi connectivity index (χ1n) is 9.31. The maximum absolute atomic E-state index is 13.6. The quantitative estimate of drug-likeness (QED) is 0.454. The van der Waals surface area contributed by atoms with E-state index >= 15 is 0 Å². The lowest BCUT2D eigenvalue weighted by molar-refractivity contribution is -0.118. The molecule has 5 nitrogen and oxygen atoms in total. The third-order valence-corrected chi connectivity index (χ3v) is 4.97. The van der Waals surface area contributed by atoms with Crippen LogP contribution in [-0.4, -0.2) is 24.1 Å². The van der Waals surface area contributed by atoms with Crippen LogP contribution < -0.4 is 10.1 Å². The Labute approximate surface area is 182 Å². The van der Waals surface area contributed by atoms with Crippen LogP contribution in [0, 0.1) is 5.82 Å². The van der Waals surface area contributed by atoms with Crippen molar-refractivity contribution in [3.63, 3.8) is 0 Å². The van der Waals surface area contributed by atoms with Crippen molar-refractivity contribution in [3.05, 3.63) is 99.8 Å². The Morgan fingerprint density at radius 3 is 2.26 bits per heavy atom. The molecule has 7 heteroatoms. The highest BCUT2D eigenvalue weighted by Gasteiger charge is 2.32. The van der Waals surface area contributed by atoms with Gasteiger partial charge in [0.25, 0.3) is 5.91 Å². The van der Waals surface area contributed by atoms with Crippen LogP contribution in [0.1, 0.15) is 26.3 Å². The molecule has 0 aromatic heterocycles. The molecule has 0 radical (unpaired) electrons. The summed E-state index contributed by atoms with van der Waals surface area (Å²) in [5.74, 6) is -1.53. The number of carbonyl (C=O) groups is 3. The maximum Gasteiger partial charge on any atom is 0.262 e. The minimum atomic E-state index is -0.551. The third kappa shape index (κ3) is 4.25. The highest BCUT2D eigenvalue weighted by atomic mass is 35.5. The van der Waals surface area contributed by atoms with Crippen molar-refractivity contribution in [1.29, 1.82) is 0 Å². The Morgan fingerprint density at radius 1 is 0.968 bits per heavy atom. The fourth-order valence-corrected chi connectivity index (χ4v) is 3.43. The molecule has 1 aliphatic carbocycles. The summed E-state index contributed by atoms with van der Waals surface area (Å²) in [6.07, 6.45) is 1.48. The highest BCUT2D eigenvalue weighted by Crippen LogP contribution is 2.30. The van der Waals surface area contributed by atoms with Gasteiger partial charge >= 0.3 is 0 Å². The number of hydrogen-bond donors (Lipinski definition) is 1. The standard InChI is InChI=1S/C24H15ClFNO4/c25-18-12-14(11-17-23(29)15-5-1-2-6-16(15)24(17)30)9-10-21(18)31-13-22(28)27-20-8-4-3-7-19(20)26/h1-12H,13H2,(H,27,28). The van der Waals surface area contributed by atoms with Gasteiger partial charge in [-0.2, -0.15) is 0 Å². The number of halogens is 2. The van der Waals surface area contributed by atoms with Gasteiger partial charge in [-0.1, -0.05) is 54.1 Å². The Morgan fingerprint density at radius 2 is 1.61 bits per heavy atom. The summed E-state index contributed by atoms with van der Waals surface area (Å²) in [4.78, 5) is 37.0. The number of hydrogen-bond acceptors (Lipinski definition) is 4. The van der Waals surface area contributed by atoms with E-state index in [2.05, 4.69) is 5.32 Å². The first kappa shape index (κ1) is 20.5. The Bertz CT molecular complexity index is 1210. The summed E-state index contributed by atoms with van der Waals surface area (Å²) in [5.41, 5.74) is 1.42. The van der Waals surface area contributed by atoms with Gasteiger partial charge in [0.15, 0.2) is 18.2 Å². The second-order valence-electron chi connectivity index (χ2n) is 6.77. The number of nitrogens with one attached hydrogen (secondary N) is 1. The molecule has 3 aromatic carbocycles. The third-order valence-electron chi connectivity index (χ3n) is 4.68. The largest absolute Gasteiger partial charge is 0.482 e. The van der Waals surface area contributed by atoms with E-state index in [1.54, 1.807) is 36.4 Å². The second kappa shape index (κ2) is 8.53. The summed E-state index contributed by atoms with van der Waals surface area (Å²) < 4.78 is 19.0. The lowest BCUT2D eigenvalue weighted by atomic mass is 10.1. The molecule has 1 amide bonds. The molecule has 31 heavy (non-hydrogen) atoms. The molecule has 0 saturated carbocycles. The molecule has 1 aliphatic rings. The predicted octanol–water partition coefficient (Wildman–Crippen LogP) is 4.96. The van der Waals surface area contributed by atoms with Crippen LogP contribution in [0.2, 0.25) is 5.02 Å². The van der Waals surface area contributed by atoms with Gasteiger partial charge in [-0.25, -0.2) is 4.39 Å². The molecule has 0 aliphatic heterocycles. The summed E-state index contributed by atoms with van der Waals surface area (Å²) in [5, 5.41) is 2.61. The molecule has 3 aromatic rings. The van der Waals surface area contributed by atoms with Crippen LogP contribution in [0.5, 0.6) is 5.75 Å². The monoisotopic (exact) mass is 435 g/mol. The lowest BCUT2D eigenvalue weighted by Gasteiger charge is -2.10. The molecule has 0 spiro atoms. The van der Waals surface area contributed by atoms with Crippen molar-refractivity contribution in [3.8, 4) is 5.75 Å². The maximum atomic E-state index is 13.6. The molecule has 0 unspecified atom stereocenters. The first-order valence-corrected chi connectivity index (χ1v) is 9.68. The summed E-state index contributed by atoms with van der Waals surface area (Å²) in [6, 6.07) is 17.1. The zero-order valence-electron chi connectivity index (χ0n) is 16.0. The number of benzene rings is 3. The van der Waals surface area contributed by atoms with E-state index in [0.717, 1.165) is 0 Å². The van der Waals surface area contributed by atoms with Crippen molar-refractivity contribution in [1.82, 2.24) is 0 Å². The number of carbonyl (C=O) groups excluding carboxylic acids is 3. The lowest BCUT2D eigenvalue weighted by Crippen LogP contribution is -2.20. The number of Topliss-reactive ketones (excluding diaryl/α,β-unsaturated/α-hetero) is 2. The Kier molecular flexibility index (Phi) is 5.64. The number of amides is 1. The molecule has 1 N–H and O–H groups in total. The second-order valence-corrected chi connectivity index (χ2v) is 7.18. The fraction of sp³-hybridized carbons (Fsp3) is 0.0417. The number of fused-ring (bicyclic) bond motifs is 1. The van der Waals surface area contributed by atoms with Crippen LogP contribution in [0.4, 0.5) is 10.1 Å². The van der Waals surface area contributed by atoms with Gasteiger partial charge in [0.05, 0.1) is 16.3 Å². The smallest absolute Gasteiger partial charge is 0.262 e. The van der Waals surface area contributed by atoms with Crippen molar-refractivity contribution >= 4 is 40.8 Å². The molecule has 0 fully saturated rings. The zero-order chi connectivity index (χ0) is 22.0. The number of allylic oxidation sites excluding steroid dienone is 1. The molecular formula is C24H15ClFNO4. The van der Waals surface area contributed by atoms with Gasteiger partial charge in [-0.05, 0) is 35.9 Å². The predicted molar refractivity (Wildman–Crippen MR) is 115 cm³/mol. The number of rotatable bonds is 5. The minimum Gasteiger partial charge on any atom is -0.482 e. The van der Waals surface area contributed by atoms with Crippen LogP contribution in [0.3, 0.4) is 0 Å². The van der Waals surface area contributed by atoms with Crippen molar-refractivity contribution < 1.29 is 23.5 Å². The number of ketones is 2. The van der Waals surface area contributed by atoms with Gasteiger partial charge in [0, 0.05) is 11.1 Å². The molecule has 0 heterocycles. The van der Waals surface area contributed by atoms with Gasteiger partial charge < -0.3 is 10.1 Å². The fourth-order valence-electron chi connectivity index (χ4n) is 3.19. The van der Waals surface area contributed by atoms with E-state index < -0.39 is 11.7 Å². The minimum absolute atomic E-state index is 0.0519. The van der Waals surface area contributed by atoms with E-state index in [1.807, 2.05) is 0 Å². The van der Waals surface area contributed by atoms with Crippen molar-refractivity contribution in [2.45, 2.75) is 0 Å². The van der Waals surface area contributed by atoms with E-state index in [0.29, 0.717) is 16.7 Å². The van der Waals surface area contributed by atoms with Crippen LogP contribution in [0.15, 0.2) is 72.3 Å². The van der Waals surface area contributed by atoms with Crippen LogP contribution in [-0.2, 0) is 4.79 Å². The number of ether oxygens (including phenoxy) is 1. The molecule has 0 bridgehead atoms. The van der Waals surface area contributed by atoms with Gasteiger partial charge in [-0.15, -0.1) is 0 Å². The van der Waals surface area contributed by atoms with Crippen molar-refractivity contribution in [2.24, 2.45) is 0 Å². The first-order chi connectivity index (χ1) is 14.9.